The Labute approximate surface area is 170 Å². The summed E-state index contributed by atoms with van der Waals surface area (Å²) in [5.41, 5.74) is 1.45. The molecule has 8 heteroatoms. The van der Waals surface area contributed by atoms with Crippen LogP contribution in [0.15, 0.2) is 24.3 Å². The van der Waals surface area contributed by atoms with E-state index in [0.29, 0.717) is 22.1 Å². The number of halogens is 4. The van der Waals surface area contributed by atoms with Gasteiger partial charge in [-0.05, 0) is 62.4 Å². The maximum absolute atomic E-state index is 13.2. The Bertz CT molecular complexity index is 1140. The fourth-order valence-electron chi connectivity index (χ4n) is 3.74. The Balaban J connectivity index is 1.98. The third-order valence-corrected chi connectivity index (χ3v) is 5.79. The van der Waals surface area contributed by atoms with Crippen LogP contribution in [0.5, 0.6) is 0 Å². The minimum absolute atomic E-state index is 0.0949. The van der Waals surface area contributed by atoms with Gasteiger partial charge >= 0.3 is 6.18 Å². The number of aromatic nitrogens is 3. The summed E-state index contributed by atoms with van der Waals surface area (Å²) in [7, 11) is 0. The highest BCUT2D eigenvalue weighted by Crippen LogP contribution is 2.43. The number of benzene rings is 1. The molecule has 4 nitrogen and oxygen atoms in total. The van der Waals surface area contributed by atoms with Crippen LogP contribution < -0.4 is 0 Å². The molecule has 0 spiro atoms. The van der Waals surface area contributed by atoms with E-state index in [1.165, 1.54) is 6.07 Å². The van der Waals surface area contributed by atoms with Gasteiger partial charge in [0.15, 0.2) is 5.82 Å². The number of hydrogen-bond acceptors (Lipinski definition) is 3. The van der Waals surface area contributed by atoms with Gasteiger partial charge in [0.2, 0.25) is 0 Å². The van der Waals surface area contributed by atoms with E-state index in [2.05, 4.69) is 16.0 Å². The normalized spacial score (nSPS) is 15.0. The molecule has 0 radical (unpaired) electrons. The molecule has 1 saturated carbocycles. The van der Waals surface area contributed by atoms with Crippen LogP contribution in [-0.4, -0.2) is 14.5 Å². The molecule has 1 aliphatic rings. The van der Waals surface area contributed by atoms with E-state index in [-0.39, 0.29) is 23.2 Å². The van der Waals surface area contributed by atoms with Crippen LogP contribution in [0.3, 0.4) is 0 Å². The highest BCUT2D eigenvalue weighted by atomic mass is 35.5. The molecule has 0 atom stereocenters. The first-order valence-electron chi connectivity index (χ1n) is 9.40. The molecular weight excluding hydrogens is 401 g/mol. The van der Waals surface area contributed by atoms with Crippen LogP contribution in [-0.2, 0) is 6.18 Å². The van der Waals surface area contributed by atoms with Crippen LogP contribution in [0, 0.1) is 11.3 Å². The zero-order valence-electron chi connectivity index (χ0n) is 15.9. The van der Waals surface area contributed by atoms with Crippen molar-refractivity contribution in [2.24, 2.45) is 0 Å². The van der Waals surface area contributed by atoms with Crippen molar-refractivity contribution in [1.82, 2.24) is 14.5 Å². The lowest BCUT2D eigenvalue weighted by molar-refractivity contribution is -0.137. The smallest absolute Gasteiger partial charge is 0.320 e. The van der Waals surface area contributed by atoms with Gasteiger partial charge < -0.3 is 4.57 Å². The van der Waals surface area contributed by atoms with Gasteiger partial charge in [-0.15, -0.1) is 0 Å². The SMILES string of the molecule is CC(C)n1c(-c2nc(C#N)cc(C3CCC3)c2Cl)nc2cc(C(F)(F)F)ccc21. The zero-order chi connectivity index (χ0) is 20.9. The Kier molecular flexibility index (Phi) is 4.78. The lowest BCUT2D eigenvalue weighted by Gasteiger charge is -2.27. The first-order chi connectivity index (χ1) is 13.7. The first kappa shape index (κ1) is 19.7. The highest BCUT2D eigenvalue weighted by molar-refractivity contribution is 6.33. The molecule has 3 aromatic rings. The number of hydrogen-bond donors (Lipinski definition) is 0. The summed E-state index contributed by atoms with van der Waals surface area (Å²) in [4.78, 5) is 8.84. The van der Waals surface area contributed by atoms with Crippen molar-refractivity contribution in [2.45, 2.75) is 51.2 Å². The number of fused-ring (bicyclic) bond motifs is 1. The van der Waals surface area contributed by atoms with E-state index < -0.39 is 11.7 Å². The number of pyridine rings is 1. The van der Waals surface area contributed by atoms with E-state index >= 15 is 0 Å². The van der Waals surface area contributed by atoms with E-state index in [9.17, 15) is 18.4 Å². The second-order valence-corrected chi connectivity index (χ2v) is 7.98. The summed E-state index contributed by atoms with van der Waals surface area (Å²) >= 11 is 6.68. The van der Waals surface area contributed by atoms with Gasteiger partial charge in [0.25, 0.3) is 0 Å². The molecule has 0 bridgehead atoms. The van der Waals surface area contributed by atoms with Crippen molar-refractivity contribution in [3.05, 3.63) is 46.1 Å². The third kappa shape index (κ3) is 3.36. The maximum Gasteiger partial charge on any atom is 0.416 e. The first-order valence-corrected chi connectivity index (χ1v) is 9.78. The number of alkyl halides is 3. The predicted molar refractivity (Wildman–Crippen MR) is 105 cm³/mol. The molecule has 0 amide bonds. The van der Waals surface area contributed by atoms with Gasteiger partial charge in [-0.25, -0.2) is 9.97 Å². The molecule has 1 aromatic carbocycles. The minimum atomic E-state index is -4.45. The molecule has 150 valence electrons. The molecule has 0 saturated heterocycles. The number of rotatable bonds is 3. The van der Waals surface area contributed by atoms with Crippen molar-refractivity contribution in [1.29, 1.82) is 5.26 Å². The summed E-state index contributed by atoms with van der Waals surface area (Å²) in [6.07, 6.45) is -1.37. The third-order valence-electron chi connectivity index (χ3n) is 5.39. The van der Waals surface area contributed by atoms with Crippen molar-refractivity contribution < 1.29 is 13.2 Å². The molecule has 0 unspecified atom stereocenters. The van der Waals surface area contributed by atoms with Gasteiger partial charge in [-0.2, -0.15) is 18.4 Å². The molecule has 0 N–H and O–H groups in total. The van der Waals surface area contributed by atoms with Crippen molar-refractivity contribution in [2.75, 3.05) is 0 Å². The summed E-state index contributed by atoms with van der Waals surface area (Å²) < 4.78 is 41.3. The Morgan fingerprint density at radius 1 is 1.21 bits per heavy atom. The molecular formula is C21H18ClF3N4. The molecule has 0 aliphatic heterocycles. The van der Waals surface area contributed by atoms with E-state index in [4.69, 9.17) is 11.6 Å². The standard InChI is InChI=1S/C21H18ClF3N4/c1-11(2)29-17-7-6-13(21(23,24)25)8-16(17)28-20(29)19-18(22)15(12-4-3-5-12)9-14(10-26)27-19/h6-9,11-12H,3-5H2,1-2H3. The predicted octanol–water partition coefficient (Wildman–Crippen LogP) is 6.49. The maximum atomic E-state index is 13.2. The Morgan fingerprint density at radius 3 is 2.48 bits per heavy atom. The average molecular weight is 419 g/mol. The molecule has 2 aromatic heterocycles. The van der Waals surface area contributed by atoms with Crippen molar-refractivity contribution in [3.63, 3.8) is 0 Å². The number of nitrogens with zero attached hydrogens (tertiary/aromatic N) is 4. The zero-order valence-corrected chi connectivity index (χ0v) is 16.6. The fourth-order valence-corrected chi connectivity index (χ4v) is 4.07. The van der Waals surface area contributed by atoms with Crippen LogP contribution >= 0.6 is 11.6 Å². The van der Waals surface area contributed by atoms with Crippen LogP contribution in [0.1, 0.15) is 61.9 Å². The van der Waals surface area contributed by atoms with Gasteiger partial charge in [-0.3, -0.25) is 0 Å². The van der Waals surface area contributed by atoms with Crippen molar-refractivity contribution in [3.8, 4) is 17.6 Å². The molecule has 1 aliphatic carbocycles. The topological polar surface area (TPSA) is 54.5 Å². The van der Waals surface area contributed by atoms with Gasteiger partial charge in [0.1, 0.15) is 17.5 Å². The summed E-state index contributed by atoms with van der Waals surface area (Å²) in [5, 5.41) is 9.85. The van der Waals surface area contributed by atoms with Gasteiger partial charge in [0, 0.05) is 6.04 Å². The molecule has 2 heterocycles. The lowest BCUT2D eigenvalue weighted by atomic mass is 9.80. The summed E-state index contributed by atoms with van der Waals surface area (Å²) in [6, 6.07) is 7.18. The molecule has 4 rings (SSSR count). The van der Waals surface area contributed by atoms with E-state index in [1.54, 1.807) is 6.07 Å². The molecule has 29 heavy (non-hydrogen) atoms. The summed E-state index contributed by atoms with van der Waals surface area (Å²) in [5.74, 6) is 0.641. The van der Waals surface area contributed by atoms with Crippen LogP contribution in [0.25, 0.3) is 22.6 Å². The minimum Gasteiger partial charge on any atom is -0.320 e. The monoisotopic (exact) mass is 418 g/mol. The lowest BCUT2D eigenvalue weighted by Crippen LogP contribution is -2.12. The largest absolute Gasteiger partial charge is 0.416 e. The van der Waals surface area contributed by atoms with Crippen LogP contribution in [0.2, 0.25) is 5.02 Å². The van der Waals surface area contributed by atoms with E-state index in [1.807, 2.05) is 18.4 Å². The van der Waals surface area contributed by atoms with E-state index in [0.717, 1.165) is 37.0 Å². The highest BCUT2D eigenvalue weighted by Gasteiger charge is 2.32. The quantitative estimate of drug-likeness (QED) is 0.488. The second kappa shape index (κ2) is 7.03. The van der Waals surface area contributed by atoms with Crippen molar-refractivity contribution >= 4 is 22.6 Å². The number of imidazole rings is 1. The Hall–Kier alpha value is -2.59. The van der Waals surface area contributed by atoms with Gasteiger partial charge in [0.05, 0.1) is 21.6 Å². The Morgan fingerprint density at radius 2 is 1.93 bits per heavy atom. The van der Waals surface area contributed by atoms with Gasteiger partial charge in [-0.1, -0.05) is 18.0 Å². The fraction of sp³-hybridized carbons (Fsp3) is 0.381. The number of nitriles is 1. The summed E-state index contributed by atoms with van der Waals surface area (Å²) in [6.45, 7) is 3.83. The molecule has 1 fully saturated rings. The average Bonchev–Trinajstić information content (AvgIpc) is 2.99. The van der Waals surface area contributed by atoms with Crippen LogP contribution in [0.4, 0.5) is 13.2 Å². The second-order valence-electron chi connectivity index (χ2n) is 7.60.